The lowest BCUT2D eigenvalue weighted by Gasteiger charge is -2.19. The maximum Gasteiger partial charge on any atom is 0.340 e. The van der Waals surface area contributed by atoms with E-state index in [1.165, 1.54) is 5.01 Å². The van der Waals surface area contributed by atoms with E-state index in [1.54, 1.807) is 48.9 Å². The number of carbonyl (C=O) groups is 2. The molecule has 148 valence electrons. The van der Waals surface area contributed by atoms with Crippen molar-refractivity contribution in [1.29, 1.82) is 0 Å². The highest BCUT2D eigenvalue weighted by Gasteiger charge is 2.35. The van der Waals surface area contributed by atoms with Crippen molar-refractivity contribution in [1.82, 2.24) is 5.01 Å². The van der Waals surface area contributed by atoms with Crippen LogP contribution < -0.4 is 5.32 Å². The highest BCUT2D eigenvalue weighted by Crippen LogP contribution is 2.34. The molecule has 0 radical (unpaired) electrons. The summed E-state index contributed by atoms with van der Waals surface area (Å²) in [6.07, 6.45) is 2.10. The lowest BCUT2D eigenvalue weighted by molar-refractivity contribution is -0.136. The topological polar surface area (TPSA) is 84.1 Å². The lowest BCUT2D eigenvalue weighted by atomic mass is 10.1. The first-order chi connectivity index (χ1) is 14.2. The minimum absolute atomic E-state index is 0.363. The van der Waals surface area contributed by atoms with Gasteiger partial charge in [-0.15, -0.1) is 11.3 Å². The molecule has 29 heavy (non-hydrogen) atoms. The number of benzene rings is 1. The lowest BCUT2D eigenvalue weighted by Crippen LogP contribution is -2.31. The molecule has 2 aromatic heterocycles. The van der Waals surface area contributed by atoms with Gasteiger partial charge in [0.1, 0.15) is 11.8 Å². The number of amides is 1. The molecule has 3 heterocycles. The van der Waals surface area contributed by atoms with Gasteiger partial charge in [0, 0.05) is 19.2 Å². The van der Waals surface area contributed by atoms with E-state index in [9.17, 15) is 9.59 Å². The van der Waals surface area contributed by atoms with Gasteiger partial charge in [-0.2, -0.15) is 5.10 Å². The third-order valence-electron chi connectivity index (χ3n) is 4.59. The van der Waals surface area contributed by atoms with Crippen molar-refractivity contribution in [2.75, 3.05) is 19.0 Å². The zero-order chi connectivity index (χ0) is 20.2. The highest BCUT2D eigenvalue weighted by molar-refractivity contribution is 7.12. The standard InChI is InChI=1S/C21H19N3O4S/c1-22-15-7-3-2-6-14(15)21(26)28-13-20(25)24-17(18-8-4-10-27-18)12-16(23-24)19-9-5-11-29-19/h2-11,17,22H,12-13H2,1H3. The third-order valence-corrected chi connectivity index (χ3v) is 5.51. The summed E-state index contributed by atoms with van der Waals surface area (Å²) < 4.78 is 10.8. The Morgan fingerprint density at radius 3 is 2.83 bits per heavy atom. The summed E-state index contributed by atoms with van der Waals surface area (Å²) in [5.41, 5.74) is 1.81. The number of furan rings is 1. The van der Waals surface area contributed by atoms with Crippen molar-refractivity contribution in [3.63, 3.8) is 0 Å². The van der Waals surface area contributed by atoms with E-state index < -0.39 is 18.5 Å². The van der Waals surface area contributed by atoms with Crippen molar-refractivity contribution >= 4 is 34.6 Å². The molecule has 3 aromatic rings. The molecule has 4 rings (SSSR count). The SMILES string of the molecule is CNc1ccccc1C(=O)OCC(=O)N1N=C(c2cccs2)CC1c1ccco1. The van der Waals surface area contributed by atoms with Gasteiger partial charge in [-0.25, -0.2) is 9.80 Å². The monoisotopic (exact) mass is 409 g/mol. The van der Waals surface area contributed by atoms with Crippen LogP contribution in [0.4, 0.5) is 5.69 Å². The number of hydrogen-bond acceptors (Lipinski definition) is 7. The molecule has 0 bridgehead atoms. The van der Waals surface area contributed by atoms with Crippen LogP contribution in [0.25, 0.3) is 0 Å². The normalized spacial score (nSPS) is 15.8. The van der Waals surface area contributed by atoms with Crippen LogP contribution >= 0.6 is 11.3 Å². The van der Waals surface area contributed by atoms with E-state index in [4.69, 9.17) is 9.15 Å². The van der Waals surface area contributed by atoms with Crippen LogP contribution in [0.1, 0.15) is 33.5 Å². The molecule has 0 saturated heterocycles. The number of rotatable bonds is 6. The van der Waals surface area contributed by atoms with E-state index in [1.807, 2.05) is 29.6 Å². The van der Waals surface area contributed by atoms with E-state index in [-0.39, 0.29) is 6.04 Å². The van der Waals surface area contributed by atoms with Crippen LogP contribution in [0, 0.1) is 0 Å². The van der Waals surface area contributed by atoms with Crippen LogP contribution in [0.2, 0.25) is 0 Å². The molecule has 0 aliphatic carbocycles. The summed E-state index contributed by atoms with van der Waals surface area (Å²) in [5.74, 6) is -0.340. The van der Waals surface area contributed by atoms with Crippen molar-refractivity contribution in [2.24, 2.45) is 5.10 Å². The van der Waals surface area contributed by atoms with Gasteiger partial charge in [-0.1, -0.05) is 18.2 Å². The fraction of sp³-hybridized carbons (Fsp3) is 0.190. The fourth-order valence-corrected chi connectivity index (χ4v) is 3.91. The smallest absolute Gasteiger partial charge is 0.340 e. The Kier molecular flexibility index (Phi) is 5.44. The van der Waals surface area contributed by atoms with Gasteiger partial charge >= 0.3 is 5.97 Å². The first-order valence-corrected chi connectivity index (χ1v) is 9.96. The van der Waals surface area contributed by atoms with Crippen LogP contribution in [-0.2, 0) is 9.53 Å². The van der Waals surface area contributed by atoms with Gasteiger partial charge in [0.2, 0.25) is 0 Å². The molecule has 1 amide bonds. The maximum absolute atomic E-state index is 12.8. The average Bonchev–Trinajstić information content (AvgIpc) is 3.51. The van der Waals surface area contributed by atoms with Crippen LogP contribution in [0.15, 0.2) is 69.7 Å². The van der Waals surface area contributed by atoms with Crippen LogP contribution in [0.5, 0.6) is 0 Å². The molecular formula is C21H19N3O4S. The van der Waals surface area contributed by atoms with Crippen molar-refractivity contribution in [2.45, 2.75) is 12.5 Å². The van der Waals surface area contributed by atoms with Gasteiger partial charge < -0.3 is 14.5 Å². The number of anilines is 1. The van der Waals surface area contributed by atoms with Crippen LogP contribution in [0.3, 0.4) is 0 Å². The Morgan fingerprint density at radius 1 is 1.24 bits per heavy atom. The molecule has 8 heteroatoms. The van der Waals surface area contributed by atoms with Crippen molar-refractivity contribution in [3.8, 4) is 0 Å². The summed E-state index contributed by atoms with van der Waals surface area (Å²) in [6.45, 7) is -0.407. The van der Waals surface area contributed by atoms with Gasteiger partial charge in [-0.05, 0) is 35.7 Å². The molecule has 1 unspecified atom stereocenters. The Balaban J connectivity index is 1.50. The molecular weight excluding hydrogens is 390 g/mol. The summed E-state index contributed by atoms with van der Waals surface area (Å²) in [5, 5.41) is 10.8. The summed E-state index contributed by atoms with van der Waals surface area (Å²) >= 11 is 1.56. The number of esters is 1. The van der Waals surface area contributed by atoms with E-state index in [0.717, 1.165) is 10.6 Å². The predicted octanol–water partition coefficient (Wildman–Crippen LogP) is 3.92. The van der Waals surface area contributed by atoms with E-state index >= 15 is 0 Å². The van der Waals surface area contributed by atoms with E-state index in [2.05, 4.69) is 10.4 Å². The molecule has 1 atom stereocenters. The molecule has 1 aliphatic rings. The summed E-state index contributed by atoms with van der Waals surface area (Å²) in [7, 11) is 1.72. The largest absolute Gasteiger partial charge is 0.467 e. The number of hydrogen-bond donors (Lipinski definition) is 1. The van der Waals surface area contributed by atoms with Gasteiger partial charge in [0.05, 0.1) is 22.4 Å². The Bertz CT molecular complexity index is 1030. The average molecular weight is 409 g/mol. The second-order valence-corrected chi connectivity index (χ2v) is 7.32. The second kappa shape index (κ2) is 8.32. The van der Waals surface area contributed by atoms with Crippen molar-refractivity contribution in [3.05, 3.63) is 76.4 Å². The number of carbonyl (C=O) groups excluding carboxylic acids is 2. The fourth-order valence-electron chi connectivity index (χ4n) is 3.18. The highest BCUT2D eigenvalue weighted by atomic mass is 32.1. The van der Waals surface area contributed by atoms with Gasteiger partial charge in [0.15, 0.2) is 6.61 Å². The number of nitrogens with zero attached hydrogens (tertiary/aromatic N) is 2. The number of thiophene rings is 1. The summed E-state index contributed by atoms with van der Waals surface area (Å²) in [4.78, 5) is 26.3. The maximum atomic E-state index is 12.8. The molecule has 1 aromatic carbocycles. The third kappa shape index (κ3) is 3.93. The molecule has 7 nitrogen and oxygen atoms in total. The first-order valence-electron chi connectivity index (χ1n) is 9.08. The minimum atomic E-state index is -0.570. The van der Waals surface area contributed by atoms with Gasteiger partial charge in [0.25, 0.3) is 5.91 Å². The predicted molar refractivity (Wildman–Crippen MR) is 110 cm³/mol. The Morgan fingerprint density at radius 2 is 2.10 bits per heavy atom. The Labute approximate surface area is 171 Å². The molecule has 0 saturated carbocycles. The van der Waals surface area contributed by atoms with Gasteiger partial charge in [-0.3, -0.25) is 4.79 Å². The number of nitrogens with one attached hydrogen (secondary N) is 1. The molecule has 1 N–H and O–H groups in total. The van der Waals surface area contributed by atoms with E-state index in [0.29, 0.717) is 23.4 Å². The number of hydrazone groups is 1. The van der Waals surface area contributed by atoms with Crippen molar-refractivity contribution < 1.29 is 18.7 Å². The van der Waals surface area contributed by atoms with Crippen LogP contribution in [-0.4, -0.2) is 36.3 Å². The Hall–Kier alpha value is -3.39. The zero-order valence-corrected chi connectivity index (χ0v) is 16.5. The second-order valence-electron chi connectivity index (χ2n) is 6.37. The number of ether oxygens (including phenoxy) is 1. The number of para-hydroxylation sites is 1. The zero-order valence-electron chi connectivity index (χ0n) is 15.7. The molecule has 1 aliphatic heterocycles. The molecule has 0 fully saturated rings. The minimum Gasteiger partial charge on any atom is -0.467 e. The molecule has 0 spiro atoms. The first kappa shape index (κ1) is 18.9. The quantitative estimate of drug-likeness (QED) is 0.624. The summed E-state index contributed by atoms with van der Waals surface area (Å²) in [6, 6.07) is 14.1.